The molecule has 1 aliphatic heterocycles. The maximum absolute atomic E-state index is 13.7. The van der Waals surface area contributed by atoms with Crippen molar-refractivity contribution in [1.82, 2.24) is 19.7 Å². The number of alkyl halides is 3. The molecule has 0 saturated heterocycles. The number of aromatic nitrogens is 4. The van der Waals surface area contributed by atoms with E-state index in [4.69, 9.17) is 5.11 Å². The smallest absolute Gasteiger partial charge is 0.395 e. The number of carbonyl (C=O) groups is 1. The second-order valence-corrected chi connectivity index (χ2v) is 10.9. The zero-order chi connectivity index (χ0) is 29.5. The van der Waals surface area contributed by atoms with Gasteiger partial charge in [0.2, 0.25) is 10.0 Å². The number of anilines is 2. The summed E-state index contributed by atoms with van der Waals surface area (Å²) in [6.07, 6.45) is -3.24. The molecule has 15 heteroatoms. The van der Waals surface area contributed by atoms with Gasteiger partial charge in [0.1, 0.15) is 18.0 Å². The minimum absolute atomic E-state index is 0.134. The third-order valence-electron chi connectivity index (χ3n) is 6.39. The predicted octanol–water partition coefficient (Wildman–Crippen LogP) is 3.33. The highest BCUT2D eigenvalue weighted by molar-refractivity contribution is 7.92. The van der Waals surface area contributed by atoms with Crippen LogP contribution >= 0.6 is 0 Å². The molecule has 0 aliphatic carbocycles. The van der Waals surface area contributed by atoms with E-state index in [0.29, 0.717) is 17.0 Å². The first-order valence-electron chi connectivity index (χ1n) is 11.9. The molecule has 1 amide bonds. The molecule has 2 N–H and O–H groups in total. The Hall–Kier alpha value is -4.81. The molecular formula is C26H20F3N7O4S. The second kappa shape index (κ2) is 10.3. The van der Waals surface area contributed by atoms with Crippen molar-refractivity contribution < 1.29 is 31.5 Å². The predicted molar refractivity (Wildman–Crippen MR) is 141 cm³/mol. The van der Waals surface area contributed by atoms with Crippen LogP contribution in [0, 0.1) is 11.3 Å². The molecule has 210 valence electrons. The van der Waals surface area contributed by atoms with Crippen LogP contribution in [0.2, 0.25) is 0 Å². The Labute approximate surface area is 231 Å². The number of nitrogens with zero attached hydrogens (tertiary/aromatic N) is 6. The van der Waals surface area contributed by atoms with Crippen LogP contribution in [0.4, 0.5) is 24.8 Å². The number of benzene rings is 2. The normalized spacial score (nSPS) is 13.3. The van der Waals surface area contributed by atoms with Gasteiger partial charge in [-0.2, -0.15) is 18.4 Å². The lowest BCUT2D eigenvalue weighted by molar-refractivity contribution is -0.138. The van der Waals surface area contributed by atoms with Crippen LogP contribution in [0.1, 0.15) is 27.0 Å². The lowest BCUT2D eigenvalue weighted by Crippen LogP contribution is -2.25. The Morgan fingerprint density at radius 3 is 2.56 bits per heavy atom. The maximum atomic E-state index is 13.7. The topological polar surface area (TPSA) is 154 Å². The number of hydrogen-bond acceptors (Lipinski definition) is 8. The highest BCUT2D eigenvalue weighted by atomic mass is 32.2. The number of aliphatic hydroxyl groups excluding tert-OH is 1. The highest BCUT2D eigenvalue weighted by Crippen LogP contribution is 2.40. The third-order valence-corrected chi connectivity index (χ3v) is 7.63. The lowest BCUT2D eigenvalue weighted by Gasteiger charge is -2.19. The van der Waals surface area contributed by atoms with Gasteiger partial charge in [-0.25, -0.2) is 13.4 Å². The summed E-state index contributed by atoms with van der Waals surface area (Å²) in [5.74, 6) is -1.38. The molecule has 0 spiro atoms. The SMILES string of the molecule is Cn1cnnc1-c1ccc(C#N)cc1-c1cc(NS(=O)(=O)CCO)nc(N2Cc3c(cccc3C(F)(F)F)C2=O)c1. The number of nitrogens with one attached hydrogen (secondary N) is 1. The summed E-state index contributed by atoms with van der Waals surface area (Å²) < 4.78 is 70.0. The van der Waals surface area contributed by atoms with Gasteiger partial charge in [-0.05, 0) is 59.2 Å². The zero-order valence-electron chi connectivity index (χ0n) is 21.2. The fourth-order valence-electron chi connectivity index (χ4n) is 4.55. The van der Waals surface area contributed by atoms with Crippen molar-refractivity contribution in [2.75, 3.05) is 22.0 Å². The Morgan fingerprint density at radius 1 is 1.12 bits per heavy atom. The first-order valence-corrected chi connectivity index (χ1v) is 13.6. The summed E-state index contributed by atoms with van der Waals surface area (Å²) in [6, 6.07) is 12.8. The molecule has 0 unspecified atom stereocenters. The van der Waals surface area contributed by atoms with Crippen molar-refractivity contribution in [3.05, 3.63) is 77.1 Å². The Kier molecular flexibility index (Phi) is 6.97. The average molecular weight is 584 g/mol. The van der Waals surface area contributed by atoms with Crippen molar-refractivity contribution in [3.63, 3.8) is 0 Å². The number of aliphatic hydroxyl groups is 1. The fourth-order valence-corrected chi connectivity index (χ4v) is 5.32. The first-order chi connectivity index (χ1) is 19.4. The first kappa shape index (κ1) is 27.7. The summed E-state index contributed by atoms with van der Waals surface area (Å²) in [7, 11) is -2.39. The van der Waals surface area contributed by atoms with E-state index >= 15 is 0 Å². The minimum Gasteiger partial charge on any atom is -0.395 e. The molecule has 3 heterocycles. The van der Waals surface area contributed by atoms with Crippen molar-refractivity contribution in [2.45, 2.75) is 12.7 Å². The van der Waals surface area contributed by atoms with E-state index in [1.807, 2.05) is 6.07 Å². The molecule has 0 bridgehead atoms. The van der Waals surface area contributed by atoms with E-state index < -0.39 is 46.6 Å². The summed E-state index contributed by atoms with van der Waals surface area (Å²) in [5.41, 5.74) is 0.0914. The number of rotatable bonds is 7. The molecule has 4 aromatic rings. The van der Waals surface area contributed by atoms with E-state index in [0.717, 1.165) is 17.0 Å². The van der Waals surface area contributed by atoms with Crippen LogP contribution in [0.5, 0.6) is 0 Å². The van der Waals surface area contributed by atoms with Crippen LogP contribution in [0.3, 0.4) is 0 Å². The second-order valence-electron chi connectivity index (χ2n) is 9.10. The number of halogens is 3. The number of fused-ring (bicyclic) bond motifs is 1. The third kappa shape index (κ3) is 5.34. The van der Waals surface area contributed by atoms with Gasteiger partial charge in [0.05, 0.1) is 36.1 Å². The zero-order valence-corrected chi connectivity index (χ0v) is 22.0. The van der Waals surface area contributed by atoms with E-state index in [1.165, 1.54) is 30.6 Å². The number of aryl methyl sites for hydroxylation is 1. The van der Waals surface area contributed by atoms with Crippen LogP contribution in [-0.2, 0) is 29.8 Å². The summed E-state index contributed by atoms with van der Waals surface area (Å²) >= 11 is 0. The van der Waals surface area contributed by atoms with Crippen LogP contribution in [0.25, 0.3) is 22.5 Å². The molecule has 2 aromatic heterocycles. The summed E-state index contributed by atoms with van der Waals surface area (Å²) in [6.45, 7) is -1.14. The van der Waals surface area contributed by atoms with Gasteiger partial charge in [0.15, 0.2) is 5.82 Å². The van der Waals surface area contributed by atoms with Gasteiger partial charge in [0, 0.05) is 18.2 Å². The molecule has 0 radical (unpaired) electrons. The van der Waals surface area contributed by atoms with E-state index in [1.54, 1.807) is 23.7 Å². The van der Waals surface area contributed by atoms with Gasteiger partial charge >= 0.3 is 6.18 Å². The number of amides is 1. The van der Waals surface area contributed by atoms with Crippen molar-refractivity contribution >= 4 is 27.6 Å². The maximum Gasteiger partial charge on any atom is 0.416 e. The number of hydrogen-bond donors (Lipinski definition) is 2. The lowest BCUT2D eigenvalue weighted by atomic mass is 9.97. The number of pyridine rings is 1. The van der Waals surface area contributed by atoms with Crippen molar-refractivity contribution in [2.24, 2.45) is 7.05 Å². The molecule has 5 rings (SSSR count). The van der Waals surface area contributed by atoms with E-state index in [9.17, 15) is 31.6 Å². The summed E-state index contributed by atoms with van der Waals surface area (Å²) in [5, 5.41) is 26.7. The molecular weight excluding hydrogens is 563 g/mol. The van der Waals surface area contributed by atoms with Crippen LogP contribution in [0.15, 0.2) is 54.9 Å². The van der Waals surface area contributed by atoms with Crippen molar-refractivity contribution in [1.29, 1.82) is 5.26 Å². The quantitative estimate of drug-likeness (QED) is 0.336. The van der Waals surface area contributed by atoms with Gasteiger partial charge in [-0.15, -0.1) is 10.2 Å². The Bertz CT molecular complexity index is 1830. The number of carbonyl (C=O) groups excluding carboxylic acids is 1. The highest BCUT2D eigenvalue weighted by Gasteiger charge is 2.40. The van der Waals surface area contributed by atoms with Gasteiger partial charge < -0.3 is 9.67 Å². The molecule has 0 atom stereocenters. The molecule has 41 heavy (non-hydrogen) atoms. The molecule has 2 aromatic carbocycles. The fraction of sp³-hybridized carbons (Fsp3) is 0.192. The van der Waals surface area contributed by atoms with Crippen LogP contribution in [-0.4, -0.2) is 51.5 Å². The molecule has 0 saturated carbocycles. The Balaban J connectivity index is 1.70. The van der Waals surface area contributed by atoms with Crippen LogP contribution < -0.4 is 9.62 Å². The minimum atomic E-state index is -4.70. The average Bonchev–Trinajstić information content (AvgIpc) is 3.49. The van der Waals surface area contributed by atoms with Crippen molar-refractivity contribution in [3.8, 4) is 28.6 Å². The van der Waals surface area contributed by atoms with Gasteiger partial charge in [0.25, 0.3) is 5.91 Å². The Morgan fingerprint density at radius 2 is 1.90 bits per heavy atom. The number of sulfonamides is 1. The van der Waals surface area contributed by atoms with E-state index in [-0.39, 0.29) is 33.9 Å². The molecule has 11 nitrogen and oxygen atoms in total. The van der Waals surface area contributed by atoms with Gasteiger partial charge in [-0.3, -0.25) is 14.4 Å². The number of nitriles is 1. The largest absolute Gasteiger partial charge is 0.416 e. The van der Waals surface area contributed by atoms with Gasteiger partial charge in [-0.1, -0.05) is 6.07 Å². The monoisotopic (exact) mass is 583 g/mol. The summed E-state index contributed by atoms with van der Waals surface area (Å²) in [4.78, 5) is 18.6. The molecule has 0 fully saturated rings. The van der Waals surface area contributed by atoms with E-state index in [2.05, 4.69) is 19.9 Å². The standard InChI is InChI=1S/C26H20F3N7O4S/c1-35-14-31-33-24(35)17-6-5-15(12-30)9-19(17)16-10-22(34-41(39,40)8-7-37)32-23(11-16)36-13-20-18(25(36)38)3-2-4-21(20)26(27,28)29/h2-6,9-11,14,37H,7-8,13H2,1H3,(H,32,34). The molecule has 1 aliphatic rings.